The molecular weight excluding hydrogens is 247 g/mol. The zero-order valence-corrected chi connectivity index (χ0v) is 8.25. The van der Waals surface area contributed by atoms with Crippen LogP contribution >= 0.6 is 33.9 Å². The van der Waals surface area contributed by atoms with E-state index in [0.29, 0.717) is 0 Å². The Labute approximate surface area is 72.2 Å². The molecule has 1 rings (SSSR count). The molecule has 0 aliphatic rings. The molecule has 0 saturated carbocycles. The van der Waals surface area contributed by atoms with Crippen molar-refractivity contribution in [2.75, 3.05) is 7.11 Å². The van der Waals surface area contributed by atoms with E-state index in [9.17, 15) is 0 Å². The quantitative estimate of drug-likeness (QED) is 0.700. The number of aryl methyl sites for hydroxylation is 1. The van der Waals surface area contributed by atoms with Crippen molar-refractivity contribution in [1.82, 2.24) is 0 Å². The van der Waals surface area contributed by atoms with Crippen molar-refractivity contribution in [2.24, 2.45) is 0 Å². The van der Waals surface area contributed by atoms with E-state index in [1.807, 2.05) is 0 Å². The molecule has 0 atom stereocenters. The third-order valence-corrected chi connectivity index (χ3v) is 2.99. The Bertz CT molecular complexity index is 207. The minimum absolute atomic E-state index is 1.03. The van der Waals surface area contributed by atoms with Gasteiger partial charge in [-0.25, -0.2) is 0 Å². The lowest BCUT2D eigenvalue weighted by molar-refractivity contribution is 0.424. The van der Waals surface area contributed by atoms with Crippen LogP contribution in [0.5, 0.6) is 5.06 Å². The lowest BCUT2D eigenvalue weighted by Crippen LogP contribution is -1.77. The Balaban J connectivity index is 3.01. The van der Waals surface area contributed by atoms with Gasteiger partial charge in [0.05, 0.1) is 9.99 Å². The third-order valence-electron chi connectivity index (χ3n) is 1.03. The van der Waals surface area contributed by atoms with Gasteiger partial charge in [-0.1, -0.05) is 11.3 Å². The first kappa shape index (κ1) is 7.34. The fraction of sp³-hybridized carbons (Fsp3) is 0.333. The summed E-state index contributed by atoms with van der Waals surface area (Å²) in [6.45, 7) is 2.05. The van der Waals surface area contributed by atoms with Crippen LogP contribution in [0.1, 0.15) is 5.56 Å². The Kier molecular flexibility index (Phi) is 2.35. The Morgan fingerprint density at radius 1 is 1.67 bits per heavy atom. The van der Waals surface area contributed by atoms with Gasteiger partial charge in [-0.2, -0.15) is 0 Å². The van der Waals surface area contributed by atoms with E-state index in [2.05, 4.69) is 35.6 Å². The van der Waals surface area contributed by atoms with Crippen molar-refractivity contribution in [3.8, 4) is 5.06 Å². The van der Waals surface area contributed by atoms with Crippen molar-refractivity contribution in [1.29, 1.82) is 0 Å². The molecule has 50 valence electrons. The summed E-state index contributed by atoms with van der Waals surface area (Å²) in [6.07, 6.45) is 0. The standard InChI is InChI=1S/C6H7IOS/c1-4-3-5(7)9-6(4)8-2/h3H,1-2H3. The summed E-state index contributed by atoms with van der Waals surface area (Å²) in [5, 5.41) is 1.03. The van der Waals surface area contributed by atoms with Gasteiger partial charge in [0.1, 0.15) is 0 Å². The van der Waals surface area contributed by atoms with Crippen molar-refractivity contribution in [2.45, 2.75) is 6.92 Å². The number of ether oxygens (including phenoxy) is 1. The van der Waals surface area contributed by atoms with E-state index in [1.165, 1.54) is 8.45 Å². The van der Waals surface area contributed by atoms with E-state index >= 15 is 0 Å². The highest BCUT2D eigenvalue weighted by Crippen LogP contribution is 2.29. The van der Waals surface area contributed by atoms with Crippen molar-refractivity contribution >= 4 is 33.9 Å². The van der Waals surface area contributed by atoms with E-state index in [1.54, 1.807) is 18.4 Å². The highest BCUT2D eigenvalue weighted by molar-refractivity contribution is 14.1. The van der Waals surface area contributed by atoms with Crippen LogP contribution in [0, 0.1) is 9.81 Å². The highest BCUT2D eigenvalue weighted by atomic mass is 127. The van der Waals surface area contributed by atoms with Crippen molar-refractivity contribution in [3.05, 3.63) is 14.5 Å². The molecule has 0 unspecified atom stereocenters. The fourth-order valence-electron chi connectivity index (χ4n) is 0.630. The summed E-state index contributed by atoms with van der Waals surface area (Å²) in [5.74, 6) is 0. The first-order valence-corrected chi connectivity index (χ1v) is 4.43. The maximum atomic E-state index is 5.08. The van der Waals surface area contributed by atoms with Gasteiger partial charge in [0.15, 0.2) is 5.06 Å². The second kappa shape index (κ2) is 2.88. The molecule has 0 radical (unpaired) electrons. The maximum absolute atomic E-state index is 5.08. The Hall–Kier alpha value is 0.230. The normalized spacial score (nSPS) is 9.67. The second-order valence-electron chi connectivity index (χ2n) is 1.73. The lowest BCUT2D eigenvalue weighted by Gasteiger charge is -1.92. The predicted octanol–water partition coefficient (Wildman–Crippen LogP) is 2.67. The SMILES string of the molecule is COc1sc(I)cc1C. The first-order chi connectivity index (χ1) is 4.24. The summed E-state index contributed by atoms with van der Waals surface area (Å²) in [5.41, 5.74) is 1.23. The number of halogens is 1. The number of methoxy groups -OCH3 is 1. The second-order valence-corrected chi connectivity index (χ2v) is 4.63. The molecule has 1 aromatic heterocycles. The molecule has 0 amide bonds. The molecule has 3 heteroatoms. The molecule has 0 aliphatic carbocycles. The molecule has 1 heterocycles. The van der Waals surface area contributed by atoms with Crippen LogP contribution < -0.4 is 4.74 Å². The molecule has 0 saturated heterocycles. The number of rotatable bonds is 1. The molecular formula is C6H7IOS. The minimum Gasteiger partial charge on any atom is -0.487 e. The van der Waals surface area contributed by atoms with Crippen LogP contribution in [0.2, 0.25) is 0 Å². The molecule has 1 aromatic rings. The Morgan fingerprint density at radius 3 is 2.56 bits per heavy atom. The molecule has 1 nitrogen and oxygen atoms in total. The maximum Gasteiger partial charge on any atom is 0.177 e. The molecule has 0 aliphatic heterocycles. The topological polar surface area (TPSA) is 9.23 Å². The summed E-state index contributed by atoms with van der Waals surface area (Å²) >= 11 is 3.97. The van der Waals surface area contributed by atoms with E-state index in [0.717, 1.165) is 5.06 Å². The molecule has 0 fully saturated rings. The Morgan fingerprint density at radius 2 is 2.33 bits per heavy atom. The summed E-state index contributed by atoms with van der Waals surface area (Å²) in [7, 11) is 1.70. The summed E-state index contributed by atoms with van der Waals surface area (Å²) in [6, 6.07) is 2.12. The van der Waals surface area contributed by atoms with Crippen LogP contribution in [0.4, 0.5) is 0 Å². The molecule has 0 aromatic carbocycles. The van der Waals surface area contributed by atoms with Gasteiger partial charge >= 0.3 is 0 Å². The molecule has 0 N–H and O–H groups in total. The van der Waals surface area contributed by atoms with E-state index in [4.69, 9.17) is 4.74 Å². The smallest absolute Gasteiger partial charge is 0.177 e. The molecule has 0 spiro atoms. The average Bonchev–Trinajstić information content (AvgIpc) is 2.10. The largest absolute Gasteiger partial charge is 0.487 e. The van der Waals surface area contributed by atoms with Crippen LogP contribution in [0.3, 0.4) is 0 Å². The minimum atomic E-state index is 1.03. The summed E-state index contributed by atoms with van der Waals surface area (Å²) in [4.78, 5) is 0. The van der Waals surface area contributed by atoms with Gasteiger partial charge in [-0.05, 0) is 35.6 Å². The molecule has 0 bridgehead atoms. The van der Waals surface area contributed by atoms with E-state index in [-0.39, 0.29) is 0 Å². The zero-order valence-electron chi connectivity index (χ0n) is 5.27. The first-order valence-electron chi connectivity index (χ1n) is 2.54. The van der Waals surface area contributed by atoms with Crippen molar-refractivity contribution in [3.63, 3.8) is 0 Å². The lowest BCUT2D eigenvalue weighted by atomic mass is 10.4. The average molecular weight is 254 g/mol. The van der Waals surface area contributed by atoms with Crippen LogP contribution in [-0.2, 0) is 0 Å². The zero-order chi connectivity index (χ0) is 6.85. The van der Waals surface area contributed by atoms with E-state index < -0.39 is 0 Å². The fourth-order valence-corrected chi connectivity index (χ4v) is 2.41. The van der Waals surface area contributed by atoms with Crippen LogP contribution in [-0.4, -0.2) is 7.11 Å². The van der Waals surface area contributed by atoms with Gasteiger partial charge in [-0.3, -0.25) is 0 Å². The predicted molar refractivity (Wildman–Crippen MR) is 48.3 cm³/mol. The highest BCUT2D eigenvalue weighted by Gasteiger charge is 2.00. The van der Waals surface area contributed by atoms with Gasteiger partial charge in [0.2, 0.25) is 0 Å². The number of hydrogen-bond donors (Lipinski definition) is 0. The monoisotopic (exact) mass is 254 g/mol. The number of hydrogen-bond acceptors (Lipinski definition) is 2. The van der Waals surface area contributed by atoms with Gasteiger partial charge in [0.25, 0.3) is 0 Å². The van der Waals surface area contributed by atoms with Gasteiger partial charge in [0, 0.05) is 5.56 Å². The third kappa shape index (κ3) is 1.58. The van der Waals surface area contributed by atoms with Crippen LogP contribution in [0.25, 0.3) is 0 Å². The van der Waals surface area contributed by atoms with Crippen LogP contribution in [0.15, 0.2) is 6.07 Å². The van der Waals surface area contributed by atoms with Gasteiger partial charge in [-0.15, -0.1) is 0 Å². The van der Waals surface area contributed by atoms with Crippen molar-refractivity contribution < 1.29 is 4.74 Å². The molecule has 9 heavy (non-hydrogen) atoms. The van der Waals surface area contributed by atoms with Gasteiger partial charge < -0.3 is 4.74 Å². The number of thiophene rings is 1. The summed E-state index contributed by atoms with van der Waals surface area (Å²) < 4.78 is 6.36.